The topological polar surface area (TPSA) is 66.4 Å². The summed E-state index contributed by atoms with van der Waals surface area (Å²) < 4.78 is 37.1. The van der Waals surface area contributed by atoms with Gasteiger partial charge in [-0.2, -0.15) is 13.2 Å². The molecule has 0 bridgehead atoms. The zero-order valence-electron chi connectivity index (χ0n) is 12.1. The number of halogens is 3. The van der Waals surface area contributed by atoms with Crippen molar-refractivity contribution in [1.82, 2.24) is 0 Å². The van der Waals surface area contributed by atoms with E-state index in [0.29, 0.717) is 5.56 Å². The summed E-state index contributed by atoms with van der Waals surface area (Å²) in [5.74, 6) is -3.60. The Kier molecular flexibility index (Phi) is 4.46. The normalized spacial score (nSPS) is 11.3. The molecule has 0 aliphatic heterocycles. The number of benzene rings is 1. The number of carbonyl (C=O) groups is 2. The lowest BCUT2D eigenvalue weighted by atomic mass is 9.98. The van der Waals surface area contributed by atoms with Crippen LogP contribution in [0.2, 0.25) is 0 Å². The van der Waals surface area contributed by atoms with E-state index in [9.17, 15) is 27.9 Å². The minimum absolute atomic E-state index is 0.275. The number of carboxylic acid groups (broad SMARTS) is 1. The smallest absolute Gasteiger partial charge is 0.471 e. The Bertz CT molecular complexity index is 781. The monoisotopic (exact) mass is 343 g/mol. The molecule has 0 saturated carbocycles. The van der Waals surface area contributed by atoms with Crippen LogP contribution < -0.4 is 5.32 Å². The highest BCUT2D eigenvalue weighted by Crippen LogP contribution is 2.37. The summed E-state index contributed by atoms with van der Waals surface area (Å²) in [5.41, 5.74) is 2.29. The van der Waals surface area contributed by atoms with Crippen LogP contribution in [0.4, 0.5) is 18.2 Å². The molecular weight excluding hydrogens is 331 g/mol. The molecule has 0 saturated heterocycles. The molecule has 122 valence electrons. The SMILES string of the molecule is Cc1ccc(-c2csc(NC(=O)C(F)(F)F)c2C(=O)O)c(C)c1. The van der Waals surface area contributed by atoms with Gasteiger partial charge in [0.25, 0.3) is 0 Å². The Hall–Kier alpha value is -2.35. The zero-order chi connectivity index (χ0) is 17.4. The third kappa shape index (κ3) is 3.53. The number of aromatic carboxylic acids is 1. The molecule has 23 heavy (non-hydrogen) atoms. The predicted octanol–water partition coefficient (Wildman–Crippen LogP) is 4.23. The molecule has 1 amide bonds. The second-order valence-electron chi connectivity index (χ2n) is 4.93. The molecule has 1 aromatic carbocycles. The van der Waals surface area contributed by atoms with Crippen molar-refractivity contribution < 1.29 is 27.9 Å². The molecule has 0 atom stereocenters. The van der Waals surface area contributed by atoms with Gasteiger partial charge in [0.1, 0.15) is 10.6 Å². The summed E-state index contributed by atoms with van der Waals surface area (Å²) >= 11 is 0.744. The number of carboxylic acids is 1. The van der Waals surface area contributed by atoms with Crippen LogP contribution in [0.3, 0.4) is 0 Å². The van der Waals surface area contributed by atoms with Crippen LogP contribution in [0.1, 0.15) is 21.5 Å². The van der Waals surface area contributed by atoms with Crippen LogP contribution in [0.25, 0.3) is 11.1 Å². The first-order valence-electron chi connectivity index (χ1n) is 6.42. The molecule has 2 N–H and O–H groups in total. The average Bonchev–Trinajstić information content (AvgIpc) is 2.81. The maximum atomic E-state index is 12.4. The number of anilines is 1. The molecule has 0 unspecified atom stereocenters. The lowest BCUT2D eigenvalue weighted by molar-refractivity contribution is -0.167. The van der Waals surface area contributed by atoms with E-state index in [-0.39, 0.29) is 16.1 Å². The van der Waals surface area contributed by atoms with Crippen molar-refractivity contribution in [3.05, 3.63) is 40.3 Å². The van der Waals surface area contributed by atoms with Crippen LogP contribution in [0, 0.1) is 13.8 Å². The van der Waals surface area contributed by atoms with E-state index in [1.54, 1.807) is 24.4 Å². The quantitative estimate of drug-likeness (QED) is 0.876. The highest BCUT2D eigenvalue weighted by atomic mass is 32.1. The highest BCUT2D eigenvalue weighted by molar-refractivity contribution is 7.15. The summed E-state index contributed by atoms with van der Waals surface area (Å²) in [6.07, 6.45) is -5.08. The molecular formula is C15H12F3NO3S. The minimum Gasteiger partial charge on any atom is -0.478 e. The molecule has 1 heterocycles. The van der Waals surface area contributed by atoms with Gasteiger partial charge < -0.3 is 10.4 Å². The van der Waals surface area contributed by atoms with Gasteiger partial charge in [-0.15, -0.1) is 11.3 Å². The molecule has 8 heteroatoms. The fourth-order valence-corrected chi connectivity index (χ4v) is 3.10. The molecule has 2 aromatic rings. The van der Waals surface area contributed by atoms with Gasteiger partial charge in [0.15, 0.2) is 0 Å². The molecule has 0 fully saturated rings. The standard InChI is InChI=1S/C15H12F3NO3S/c1-7-3-4-9(8(2)5-7)10-6-23-12(11(10)13(20)21)19-14(22)15(16,17)18/h3-6H,1-2H3,(H,19,22)(H,20,21). The lowest BCUT2D eigenvalue weighted by Gasteiger charge is -2.09. The van der Waals surface area contributed by atoms with E-state index in [1.165, 1.54) is 5.38 Å². The zero-order valence-corrected chi connectivity index (χ0v) is 12.9. The van der Waals surface area contributed by atoms with Crippen LogP contribution in [-0.2, 0) is 4.79 Å². The highest BCUT2D eigenvalue weighted by Gasteiger charge is 2.39. The molecule has 0 spiro atoms. The van der Waals surface area contributed by atoms with Crippen molar-refractivity contribution in [3.63, 3.8) is 0 Å². The molecule has 2 rings (SSSR count). The van der Waals surface area contributed by atoms with Crippen LogP contribution >= 0.6 is 11.3 Å². The average molecular weight is 343 g/mol. The summed E-state index contributed by atoms with van der Waals surface area (Å²) in [7, 11) is 0. The number of aryl methyl sites for hydroxylation is 2. The number of hydrogen-bond donors (Lipinski definition) is 2. The fraction of sp³-hybridized carbons (Fsp3) is 0.200. The first kappa shape index (κ1) is 17.0. The van der Waals surface area contributed by atoms with Crippen molar-refractivity contribution >= 4 is 28.2 Å². The van der Waals surface area contributed by atoms with Crippen molar-refractivity contribution in [2.75, 3.05) is 5.32 Å². The van der Waals surface area contributed by atoms with Crippen molar-refractivity contribution in [3.8, 4) is 11.1 Å². The van der Waals surface area contributed by atoms with E-state index in [2.05, 4.69) is 0 Å². The molecule has 0 radical (unpaired) electrons. The van der Waals surface area contributed by atoms with Crippen LogP contribution in [-0.4, -0.2) is 23.2 Å². The lowest BCUT2D eigenvalue weighted by Crippen LogP contribution is -2.30. The Labute approximate surface area is 133 Å². The largest absolute Gasteiger partial charge is 0.478 e. The first-order chi connectivity index (χ1) is 10.6. The van der Waals surface area contributed by atoms with Crippen molar-refractivity contribution in [2.24, 2.45) is 0 Å². The Morgan fingerprint density at radius 1 is 1.17 bits per heavy atom. The van der Waals surface area contributed by atoms with Crippen LogP contribution in [0.5, 0.6) is 0 Å². The number of alkyl halides is 3. The summed E-state index contributed by atoms with van der Waals surface area (Å²) in [6, 6.07) is 5.32. The first-order valence-corrected chi connectivity index (χ1v) is 7.29. The van der Waals surface area contributed by atoms with Gasteiger partial charge in [-0.25, -0.2) is 4.79 Å². The van der Waals surface area contributed by atoms with Gasteiger partial charge in [0.2, 0.25) is 0 Å². The van der Waals surface area contributed by atoms with Gasteiger partial charge in [-0.3, -0.25) is 4.79 Å². The van der Waals surface area contributed by atoms with Gasteiger partial charge in [0, 0.05) is 10.9 Å². The third-order valence-electron chi connectivity index (χ3n) is 3.16. The van der Waals surface area contributed by atoms with E-state index >= 15 is 0 Å². The maximum absolute atomic E-state index is 12.4. The number of hydrogen-bond acceptors (Lipinski definition) is 3. The summed E-state index contributed by atoms with van der Waals surface area (Å²) in [6.45, 7) is 3.65. The molecule has 4 nitrogen and oxygen atoms in total. The number of nitrogens with one attached hydrogen (secondary N) is 1. The summed E-state index contributed by atoms with van der Waals surface area (Å²) in [4.78, 5) is 22.5. The van der Waals surface area contributed by atoms with Gasteiger partial charge in [-0.05, 0) is 25.0 Å². The van der Waals surface area contributed by atoms with E-state index < -0.39 is 18.1 Å². The fourth-order valence-electron chi connectivity index (χ4n) is 2.15. The number of amides is 1. The van der Waals surface area contributed by atoms with E-state index in [1.807, 2.05) is 13.0 Å². The molecule has 0 aliphatic rings. The Morgan fingerprint density at radius 2 is 1.83 bits per heavy atom. The van der Waals surface area contributed by atoms with Crippen molar-refractivity contribution in [2.45, 2.75) is 20.0 Å². The second-order valence-corrected chi connectivity index (χ2v) is 5.81. The van der Waals surface area contributed by atoms with Gasteiger partial charge in [-0.1, -0.05) is 23.8 Å². The minimum atomic E-state index is -5.08. The van der Waals surface area contributed by atoms with Crippen molar-refractivity contribution in [1.29, 1.82) is 0 Å². The van der Waals surface area contributed by atoms with Gasteiger partial charge >= 0.3 is 18.1 Å². The third-order valence-corrected chi connectivity index (χ3v) is 4.06. The van der Waals surface area contributed by atoms with E-state index in [4.69, 9.17) is 0 Å². The maximum Gasteiger partial charge on any atom is 0.471 e. The summed E-state index contributed by atoms with van der Waals surface area (Å²) in [5, 5.41) is 12.0. The molecule has 0 aliphatic carbocycles. The molecule has 1 aromatic heterocycles. The number of thiophene rings is 1. The number of carbonyl (C=O) groups excluding carboxylic acids is 1. The van der Waals surface area contributed by atoms with Crippen LogP contribution in [0.15, 0.2) is 23.6 Å². The van der Waals surface area contributed by atoms with Gasteiger partial charge in [0.05, 0.1) is 0 Å². The predicted molar refractivity (Wildman–Crippen MR) is 80.9 cm³/mol. The second kappa shape index (κ2) is 6.04. The number of rotatable bonds is 3. The Morgan fingerprint density at radius 3 is 2.35 bits per heavy atom. The van der Waals surface area contributed by atoms with E-state index in [0.717, 1.165) is 22.5 Å². The Balaban J connectivity index is 2.51.